The van der Waals surface area contributed by atoms with Crippen LogP contribution in [-0.2, 0) is 0 Å². The molecule has 0 unspecified atom stereocenters. The van der Waals surface area contributed by atoms with Crippen molar-refractivity contribution < 1.29 is 0 Å². The van der Waals surface area contributed by atoms with Gasteiger partial charge in [-0.15, -0.1) is 0 Å². The fraction of sp³-hybridized carbons (Fsp3) is 0.143. The van der Waals surface area contributed by atoms with Gasteiger partial charge in [0.15, 0.2) is 0 Å². The Morgan fingerprint density at radius 1 is 1.06 bits per heavy atom. The van der Waals surface area contributed by atoms with Crippen molar-refractivity contribution in [2.24, 2.45) is 0 Å². The molecular formula is C14H13NS. The van der Waals surface area contributed by atoms with Crippen LogP contribution in [0.25, 0.3) is 0 Å². The molecule has 1 aromatic carbocycles. The predicted molar refractivity (Wildman–Crippen MR) is 71.1 cm³/mol. The predicted octanol–water partition coefficient (Wildman–Crippen LogP) is 3.21. The van der Waals surface area contributed by atoms with Crippen LogP contribution in [0.1, 0.15) is 11.1 Å². The van der Waals surface area contributed by atoms with Crippen LogP contribution in [0.5, 0.6) is 0 Å². The van der Waals surface area contributed by atoms with Gasteiger partial charge < -0.3 is 4.90 Å². The largest absolute Gasteiger partial charge is 0.377 e. The van der Waals surface area contributed by atoms with E-state index in [1.807, 2.05) is 37.7 Å². The molecule has 0 amide bonds. The Morgan fingerprint density at radius 3 is 2.56 bits per heavy atom. The lowest BCUT2D eigenvalue weighted by Gasteiger charge is -2.13. The average molecular weight is 227 g/mol. The Balaban J connectivity index is 2.34. The van der Waals surface area contributed by atoms with Crippen LogP contribution in [0.3, 0.4) is 0 Å². The Bertz CT molecular complexity index is 515. The highest BCUT2D eigenvalue weighted by atomic mass is 32.1. The maximum absolute atomic E-state index is 3.21. The third-order valence-electron chi connectivity index (χ3n) is 2.25. The summed E-state index contributed by atoms with van der Waals surface area (Å²) in [6.07, 6.45) is 0. The smallest absolute Gasteiger partial charge is 0.0520 e. The normalized spacial score (nSPS) is 9.38. The van der Waals surface area contributed by atoms with Crippen LogP contribution in [0, 0.1) is 11.8 Å². The van der Waals surface area contributed by atoms with Crippen molar-refractivity contribution >= 4 is 17.0 Å². The van der Waals surface area contributed by atoms with Gasteiger partial charge in [-0.3, -0.25) is 0 Å². The maximum atomic E-state index is 3.21. The zero-order valence-electron chi connectivity index (χ0n) is 9.40. The van der Waals surface area contributed by atoms with Crippen molar-refractivity contribution in [3.63, 3.8) is 0 Å². The van der Waals surface area contributed by atoms with E-state index in [1.165, 1.54) is 0 Å². The topological polar surface area (TPSA) is 3.24 Å². The SMILES string of the molecule is CN(C)c1ccccc1C#Cc1ccsc1. The van der Waals surface area contributed by atoms with Crippen LogP contribution in [0.15, 0.2) is 41.1 Å². The lowest BCUT2D eigenvalue weighted by atomic mass is 10.1. The zero-order chi connectivity index (χ0) is 11.4. The summed E-state index contributed by atoms with van der Waals surface area (Å²) >= 11 is 1.67. The highest BCUT2D eigenvalue weighted by Crippen LogP contribution is 2.16. The maximum Gasteiger partial charge on any atom is 0.0520 e. The average Bonchev–Trinajstić information content (AvgIpc) is 2.79. The standard InChI is InChI=1S/C14H13NS/c1-15(2)14-6-4-3-5-13(14)8-7-12-9-10-16-11-12/h3-6,9-11H,1-2H3. The van der Waals surface area contributed by atoms with Crippen LogP contribution in [0.2, 0.25) is 0 Å². The van der Waals surface area contributed by atoms with E-state index in [4.69, 9.17) is 0 Å². The van der Waals surface area contributed by atoms with E-state index < -0.39 is 0 Å². The van der Waals surface area contributed by atoms with Gasteiger partial charge in [0.25, 0.3) is 0 Å². The number of rotatable bonds is 1. The second kappa shape index (κ2) is 4.87. The Kier molecular flexibility index (Phi) is 3.28. The molecule has 2 rings (SSSR count). The minimum absolute atomic E-state index is 1.07. The summed E-state index contributed by atoms with van der Waals surface area (Å²) in [7, 11) is 4.07. The van der Waals surface area contributed by atoms with Crippen LogP contribution < -0.4 is 4.90 Å². The summed E-state index contributed by atoms with van der Waals surface area (Å²) in [6.45, 7) is 0. The van der Waals surface area contributed by atoms with Gasteiger partial charge in [0.1, 0.15) is 0 Å². The summed E-state index contributed by atoms with van der Waals surface area (Å²) < 4.78 is 0. The van der Waals surface area contributed by atoms with E-state index in [1.54, 1.807) is 11.3 Å². The van der Waals surface area contributed by atoms with Crippen LogP contribution in [-0.4, -0.2) is 14.1 Å². The quantitative estimate of drug-likeness (QED) is 0.676. The molecule has 1 nitrogen and oxygen atoms in total. The third kappa shape index (κ3) is 2.44. The molecule has 0 fully saturated rings. The molecule has 0 atom stereocenters. The number of benzene rings is 1. The monoisotopic (exact) mass is 227 g/mol. The molecule has 80 valence electrons. The van der Waals surface area contributed by atoms with Crippen molar-refractivity contribution in [1.82, 2.24) is 0 Å². The highest BCUT2D eigenvalue weighted by Gasteiger charge is 1.99. The van der Waals surface area contributed by atoms with E-state index in [2.05, 4.69) is 34.3 Å². The van der Waals surface area contributed by atoms with Gasteiger partial charge in [0, 0.05) is 30.6 Å². The first kappa shape index (κ1) is 10.8. The summed E-state index contributed by atoms with van der Waals surface area (Å²) in [5, 5.41) is 4.10. The molecule has 0 aliphatic carbocycles. The highest BCUT2D eigenvalue weighted by molar-refractivity contribution is 7.08. The number of thiophene rings is 1. The summed E-state index contributed by atoms with van der Waals surface area (Å²) in [6, 6.07) is 10.2. The van der Waals surface area contributed by atoms with E-state index in [0.29, 0.717) is 0 Å². The molecule has 0 N–H and O–H groups in total. The number of hydrogen-bond acceptors (Lipinski definition) is 2. The molecule has 0 radical (unpaired) electrons. The molecule has 2 aromatic rings. The van der Waals surface area contributed by atoms with Gasteiger partial charge in [-0.1, -0.05) is 24.0 Å². The number of para-hydroxylation sites is 1. The zero-order valence-corrected chi connectivity index (χ0v) is 10.2. The van der Waals surface area contributed by atoms with E-state index >= 15 is 0 Å². The Morgan fingerprint density at radius 2 is 1.88 bits per heavy atom. The van der Waals surface area contributed by atoms with Crippen molar-refractivity contribution in [2.45, 2.75) is 0 Å². The summed E-state index contributed by atoms with van der Waals surface area (Å²) in [5.41, 5.74) is 3.31. The van der Waals surface area contributed by atoms with Gasteiger partial charge in [-0.05, 0) is 23.6 Å². The van der Waals surface area contributed by atoms with E-state index in [-0.39, 0.29) is 0 Å². The van der Waals surface area contributed by atoms with Crippen molar-refractivity contribution in [3.05, 3.63) is 52.2 Å². The molecular weight excluding hydrogens is 214 g/mol. The first-order chi connectivity index (χ1) is 7.77. The van der Waals surface area contributed by atoms with Crippen LogP contribution in [0.4, 0.5) is 5.69 Å². The lowest BCUT2D eigenvalue weighted by molar-refractivity contribution is 1.13. The fourth-order valence-corrected chi connectivity index (χ4v) is 2.03. The van der Waals surface area contributed by atoms with Gasteiger partial charge in [0.05, 0.1) is 5.69 Å². The first-order valence-corrected chi connectivity index (χ1v) is 6.02. The number of nitrogens with zero attached hydrogens (tertiary/aromatic N) is 1. The van der Waals surface area contributed by atoms with Crippen molar-refractivity contribution in [1.29, 1.82) is 0 Å². The first-order valence-electron chi connectivity index (χ1n) is 5.08. The molecule has 1 aromatic heterocycles. The second-order valence-corrected chi connectivity index (χ2v) is 4.45. The fourth-order valence-electron chi connectivity index (χ4n) is 1.44. The minimum Gasteiger partial charge on any atom is -0.377 e. The van der Waals surface area contributed by atoms with E-state index in [9.17, 15) is 0 Å². The molecule has 0 aliphatic heterocycles. The van der Waals surface area contributed by atoms with E-state index in [0.717, 1.165) is 16.8 Å². The van der Waals surface area contributed by atoms with Gasteiger partial charge in [-0.2, -0.15) is 11.3 Å². The van der Waals surface area contributed by atoms with Gasteiger partial charge in [0.2, 0.25) is 0 Å². The second-order valence-electron chi connectivity index (χ2n) is 3.67. The molecule has 1 heterocycles. The van der Waals surface area contributed by atoms with Gasteiger partial charge >= 0.3 is 0 Å². The van der Waals surface area contributed by atoms with Crippen LogP contribution >= 0.6 is 11.3 Å². The molecule has 0 saturated carbocycles. The Hall–Kier alpha value is -1.72. The molecule has 0 saturated heterocycles. The third-order valence-corrected chi connectivity index (χ3v) is 2.93. The molecule has 0 bridgehead atoms. The molecule has 0 spiro atoms. The van der Waals surface area contributed by atoms with Gasteiger partial charge in [-0.25, -0.2) is 0 Å². The summed E-state index contributed by atoms with van der Waals surface area (Å²) in [4.78, 5) is 2.08. The van der Waals surface area contributed by atoms with Crippen molar-refractivity contribution in [3.8, 4) is 11.8 Å². The molecule has 16 heavy (non-hydrogen) atoms. The van der Waals surface area contributed by atoms with Crippen molar-refractivity contribution in [2.75, 3.05) is 19.0 Å². The Labute approximate surface area is 100 Å². The number of anilines is 1. The molecule has 2 heteroatoms. The number of hydrogen-bond donors (Lipinski definition) is 0. The lowest BCUT2D eigenvalue weighted by Crippen LogP contribution is -2.09. The summed E-state index contributed by atoms with van der Waals surface area (Å²) in [5.74, 6) is 6.38. The minimum atomic E-state index is 1.07. The molecule has 0 aliphatic rings.